The zero-order valence-corrected chi connectivity index (χ0v) is 12.6. The zero-order valence-electron chi connectivity index (χ0n) is 10.3. The molecular formula is C13H14BrClN2O. The number of allylic oxidation sites excluding steroid dienone is 1. The highest BCUT2D eigenvalue weighted by atomic mass is 79.9. The van der Waals surface area contributed by atoms with Gasteiger partial charge in [-0.1, -0.05) is 24.9 Å². The molecule has 0 aliphatic carbocycles. The number of ether oxygens (including phenoxy) is 1. The Balaban J connectivity index is 2.51. The summed E-state index contributed by atoms with van der Waals surface area (Å²) < 4.78 is 6.13. The minimum Gasteiger partial charge on any atom is -0.496 e. The highest BCUT2D eigenvalue weighted by Crippen LogP contribution is 2.32. The lowest BCUT2D eigenvalue weighted by Gasteiger charge is -2.07. The first-order valence-corrected chi connectivity index (χ1v) is 6.92. The molecule has 1 N–H and O–H groups in total. The molecule has 0 aliphatic rings. The molecule has 0 aliphatic heterocycles. The van der Waals surface area contributed by atoms with Gasteiger partial charge < -0.3 is 4.74 Å². The smallest absolute Gasteiger partial charge is 0.137 e. The summed E-state index contributed by atoms with van der Waals surface area (Å²) in [5.74, 6) is 0.839. The Morgan fingerprint density at radius 3 is 3.00 bits per heavy atom. The van der Waals surface area contributed by atoms with E-state index in [-0.39, 0.29) is 0 Å². The molecule has 0 amide bonds. The van der Waals surface area contributed by atoms with E-state index in [1.807, 2.05) is 12.1 Å². The lowest BCUT2D eigenvalue weighted by atomic mass is 10.1. The number of unbranched alkanes of at least 4 members (excludes halogenated alkanes) is 1. The number of aromatic nitrogens is 2. The molecule has 0 radical (unpaired) electrons. The average molecular weight is 330 g/mol. The van der Waals surface area contributed by atoms with Crippen molar-refractivity contribution >= 4 is 44.2 Å². The molecule has 0 atom stereocenters. The van der Waals surface area contributed by atoms with Crippen LogP contribution in [0.2, 0.25) is 5.02 Å². The summed E-state index contributed by atoms with van der Waals surface area (Å²) in [4.78, 5) is 0. The number of aromatic amines is 1. The molecule has 2 rings (SSSR count). The molecule has 1 heterocycles. The summed E-state index contributed by atoms with van der Waals surface area (Å²) in [6.07, 6.45) is 4.13. The van der Waals surface area contributed by atoms with Crippen molar-refractivity contribution in [1.29, 1.82) is 0 Å². The fourth-order valence-corrected chi connectivity index (χ4v) is 2.75. The van der Waals surface area contributed by atoms with Gasteiger partial charge in [0.2, 0.25) is 0 Å². The first-order chi connectivity index (χ1) is 8.67. The van der Waals surface area contributed by atoms with Crippen LogP contribution < -0.4 is 0 Å². The molecule has 0 fully saturated rings. The van der Waals surface area contributed by atoms with E-state index in [0.717, 1.165) is 39.7 Å². The minimum atomic E-state index is 0.655. The quantitative estimate of drug-likeness (QED) is 0.821. The topological polar surface area (TPSA) is 37.9 Å². The van der Waals surface area contributed by atoms with E-state index in [4.69, 9.17) is 16.3 Å². The number of methoxy groups -OCH3 is 1. The van der Waals surface area contributed by atoms with Crippen LogP contribution in [-0.2, 0) is 4.74 Å². The van der Waals surface area contributed by atoms with Gasteiger partial charge in [0.1, 0.15) is 10.4 Å². The van der Waals surface area contributed by atoms with E-state index in [1.54, 1.807) is 7.11 Å². The first kappa shape index (κ1) is 13.4. The average Bonchev–Trinajstić information content (AvgIpc) is 2.72. The number of H-pyrrole nitrogens is 1. The van der Waals surface area contributed by atoms with E-state index in [1.165, 1.54) is 0 Å². The third kappa shape index (κ3) is 2.54. The van der Waals surface area contributed by atoms with Crippen molar-refractivity contribution in [3.8, 4) is 0 Å². The van der Waals surface area contributed by atoms with Crippen LogP contribution in [0, 0.1) is 0 Å². The van der Waals surface area contributed by atoms with E-state index in [9.17, 15) is 0 Å². The van der Waals surface area contributed by atoms with Crippen molar-refractivity contribution in [2.24, 2.45) is 0 Å². The van der Waals surface area contributed by atoms with E-state index in [0.29, 0.717) is 5.02 Å². The Morgan fingerprint density at radius 1 is 1.56 bits per heavy atom. The van der Waals surface area contributed by atoms with Gasteiger partial charge >= 0.3 is 0 Å². The molecule has 1 aromatic heterocycles. The maximum absolute atomic E-state index is 6.27. The maximum atomic E-state index is 6.27. The Hall–Kier alpha value is -1.00. The third-order valence-electron chi connectivity index (χ3n) is 2.69. The summed E-state index contributed by atoms with van der Waals surface area (Å²) in [6.45, 7) is 2.13. The van der Waals surface area contributed by atoms with Gasteiger partial charge in [-0.3, -0.25) is 5.10 Å². The lowest BCUT2D eigenvalue weighted by Crippen LogP contribution is -1.88. The standard InChI is InChI=1S/C13H14BrClN2O/c1-3-4-5-11(18-2)8-6-9(15)12-10(7-8)16-17-13(12)14/h5-7H,3-4H2,1-2H3,(H,16,17)/b11-5+. The molecule has 18 heavy (non-hydrogen) atoms. The van der Waals surface area contributed by atoms with Gasteiger partial charge in [-0.2, -0.15) is 5.10 Å². The summed E-state index contributed by atoms with van der Waals surface area (Å²) in [5.41, 5.74) is 1.85. The second-order valence-electron chi connectivity index (χ2n) is 3.96. The maximum Gasteiger partial charge on any atom is 0.137 e. The fraction of sp³-hybridized carbons (Fsp3) is 0.308. The van der Waals surface area contributed by atoms with Crippen LogP contribution in [0.5, 0.6) is 0 Å². The van der Waals surface area contributed by atoms with Gasteiger partial charge in [-0.05, 0) is 40.6 Å². The largest absolute Gasteiger partial charge is 0.496 e. The number of benzene rings is 1. The molecule has 2 aromatic rings. The SMILES string of the molecule is CCC/C=C(/OC)c1cc(Cl)c2c(Br)n[nH]c2c1. The Kier molecular flexibility index (Phi) is 4.30. The predicted molar refractivity (Wildman–Crippen MR) is 78.7 cm³/mol. The Bertz CT molecular complexity index is 592. The van der Waals surface area contributed by atoms with Crippen LogP contribution in [-0.4, -0.2) is 17.3 Å². The molecule has 96 valence electrons. The lowest BCUT2D eigenvalue weighted by molar-refractivity contribution is 0.368. The Morgan fingerprint density at radius 2 is 2.33 bits per heavy atom. The van der Waals surface area contributed by atoms with Gasteiger partial charge in [-0.25, -0.2) is 0 Å². The molecule has 0 saturated carbocycles. The number of rotatable bonds is 4. The van der Waals surface area contributed by atoms with Crippen LogP contribution in [0.4, 0.5) is 0 Å². The summed E-state index contributed by atoms with van der Waals surface area (Å²) in [7, 11) is 1.67. The number of hydrogen-bond donors (Lipinski definition) is 1. The van der Waals surface area contributed by atoms with Crippen molar-refractivity contribution in [3.63, 3.8) is 0 Å². The van der Waals surface area contributed by atoms with Crippen molar-refractivity contribution in [2.75, 3.05) is 7.11 Å². The molecule has 0 saturated heterocycles. The first-order valence-electron chi connectivity index (χ1n) is 5.75. The van der Waals surface area contributed by atoms with E-state index < -0.39 is 0 Å². The molecule has 1 aromatic carbocycles. The van der Waals surface area contributed by atoms with Crippen molar-refractivity contribution in [3.05, 3.63) is 33.4 Å². The number of nitrogens with zero attached hydrogens (tertiary/aromatic N) is 1. The molecule has 0 unspecified atom stereocenters. The highest BCUT2D eigenvalue weighted by Gasteiger charge is 2.11. The van der Waals surface area contributed by atoms with Gasteiger partial charge in [0.15, 0.2) is 0 Å². The van der Waals surface area contributed by atoms with Gasteiger partial charge in [0.25, 0.3) is 0 Å². The number of nitrogens with one attached hydrogen (secondary N) is 1. The summed E-state index contributed by atoms with van der Waals surface area (Å²) >= 11 is 9.64. The van der Waals surface area contributed by atoms with E-state index >= 15 is 0 Å². The molecular weight excluding hydrogens is 316 g/mol. The number of fused-ring (bicyclic) bond motifs is 1. The summed E-state index contributed by atoms with van der Waals surface area (Å²) in [6, 6.07) is 3.89. The van der Waals surface area contributed by atoms with Gasteiger partial charge in [0, 0.05) is 5.56 Å². The van der Waals surface area contributed by atoms with Crippen LogP contribution >= 0.6 is 27.5 Å². The highest BCUT2D eigenvalue weighted by molar-refractivity contribution is 9.10. The van der Waals surface area contributed by atoms with E-state index in [2.05, 4.69) is 39.1 Å². The van der Waals surface area contributed by atoms with Crippen LogP contribution in [0.1, 0.15) is 25.3 Å². The normalized spacial score (nSPS) is 12.1. The monoisotopic (exact) mass is 328 g/mol. The summed E-state index contributed by atoms with van der Waals surface area (Å²) in [5, 5.41) is 8.58. The second kappa shape index (κ2) is 5.76. The molecule has 3 nitrogen and oxygen atoms in total. The van der Waals surface area contributed by atoms with Gasteiger partial charge in [0.05, 0.1) is 23.0 Å². The Labute approximate surface area is 119 Å². The minimum absolute atomic E-state index is 0.655. The zero-order chi connectivity index (χ0) is 13.1. The van der Waals surface area contributed by atoms with Crippen molar-refractivity contribution in [1.82, 2.24) is 10.2 Å². The van der Waals surface area contributed by atoms with Crippen molar-refractivity contribution < 1.29 is 4.74 Å². The third-order valence-corrected chi connectivity index (χ3v) is 3.57. The molecule has 0 bridgehead atoms. The van der Waals surface area contributed by atoms with Gasteiger partial charge in [-0.15, -0.1) is 0 Å². The predicted octanol–water partition coefficient (Wildman–Crippen LogP) is 4.77. The second-order valence-corrected chi connectivity index (χ2v) is 5.11. The van der Waals surface area contributed by atoms with Crippen molar-refractivity contribution in [2.45, 2.75) is 19.8 Å². The number of halogens is 2. The van der Waals surface area contributed by atoms with Crippen LogP contribution in [0.3, 0.4) is 0 Å². The van der Waals surface area contributed by atoms with Crippen LogP contribution in [0.15, 0.2) is 22.8 Å². The fourth-order valence-electron chi connectivity index (χ4n) is 1.81. The van der Waals surface area contributed by atoms with Crippen LogP contribution in [0.25, 0.3) is 16.7 Å². The molecule has 5 heteroatoms. The number of hydrogen-bond acceptors (Lipinski definition) is 2. The molecule has 0 spiro atoms.